The summed E-state index contributed by atoms with van der Waals surface area (Å²) in [6, 6.07) is 12.1. The van der Waals surface area contributed by atoms with Crippen molar-refractivity contribution in [3.8, 4) is 0 Å². The summed E-state index contributed by atoms with van der Waals surface area (Å²) in [7, 11) is 0. The van der Waals surface area contributed by atoms with Crippen LogP contribution in [0.1, 0.15) is 44.2 Å². The van der Waals surface area contributed by atoms with E-state index in [2.05, 4.69) is 0 Å². The molecule has 5 nitrogen and oxygen atoms in total. The molecule has 1 aliphatic rings. The van der Waals surface area contributed by atoms with Crippen LogP contribution in [-0.2, 0) is 16.1 Å². The summed E-state index contributed by atoms with van der Waals surface area (Å²) < 4.78 is 17.0. The molecule has 0 radical (unpaired) electrons. The van der Waals surface area contributed by atoms with Gasteiger partial charge in [-0.3, -0.25) is 0 Å². The van der Waals surface area contributed by atoms with E-state index < -0.39 is 5.60 Å². The van der Waals surface area contributed by atoms with Crippen molar-refractivity contribution in [1.82, 2.24) is 4.90 Å². The van der Waals surface area contributed by atoms with Gasteiger partial charge in [0.05, 0.1) is 31.8 Å². The SMILES string of the molecule is CC(C)(C)OC(=O)N1CC[C@H](c2ccoc2)[C@@H](OCc2ccccc2)C1. The van der Waals surface area contributed by atoms with Crippen molar-refractivity contribution in [2.75, 3.05) is 13.1 Å². The number of furan rings is 1. The Morgan fingerprint density at radius 1 is 1.23 bits per heavy atom. The molecular formula is C21H27NO4. The van der Waals surface area contributed by atoms with E-state index in [1.807, 2.05) is 57.2 Å². The number of hydrogen-bond donors (Lipinski definition) is 0. The number of carbonyl (C=O) groups excluding carboxylic acids is 1. The minimum absolute atomic E-state index is 0.103. The fourth-order valence-corrected chi connectivity index (χ4v) is 3.22. The van der Waals surface area contributed by atoms with Crippen LogP contribution in [0.25, 0.3) is 0 Å². The normalized spacial score (nSPS) is 20.8. The predicted octanol–water partition coefficient (Wildman–Crippen LogP) is 4.59. The third kappa shape index (κ3) is 4.88. The molecule has 2 heterocycles. The largest absolute Gasteiger partial charge is 0.472 e. The average molecular weight is 357 g/mol. The standard InChI is InChI=1S/C21H27NO4/c1-21(2,3)26-20(23)22-11-9-18(17-10-12-24-15-17)19(13-22)25-14-16-7-5-4-6-8-16/h4-8,10,12,15,18-19H,9,11,13-14H2,1-3H3/t18-,19+/m1/s1. The molecule has 26 heavy (non-hydrogen) atoms. The zero-order valence-electron chi connectivity index (χ0n) is 15.7. The first-order valence-electron chi connectivity index (χ1n) is 9.08. The summed E-state index contributed by atoms with van der Waals surface area (Å²) >= 11 is 0. The Hall–Kier alpha value is -2.27. The highest BCUT2D eigenvalue weighted by Gasteiger charge is 2.35. The summed E-state index contributed by atoms with van der Waals surface area (Å²) in [5.41, 5.74) is 1.73. The van der Waals surface area contributed by atoms with E-state index in [4.69, 9.17) is 13.9 Å². The second-order valence-corrected chi connectivity index (χ2v) is 7.71. The van der Waals surface area contributed by atoms with Crippen LogP contribution in [0.2, 0.25) is 0 Å². The lowest BCUT2D eigenvalue weighted by Gasteiger charge is -2.38. The zero-order chi connectivity index (χ0) is 18.6. The minimum atomic E-state index is -0.501. The zero-order valence-corrected chi connectivity index (χ0v) is 15.7. The van der Waals surface area contributed by atoms with E-state index >= 15 is 0 Å². The number of rotatable bonds is 4. The summed E-state index contributed by atoms with van der Waals surface area (Å²) in [5.74, 6) is 0.205. The highest BCUT2D eigenvalue weighted by molar-refractivity contribution is 5.68. The van der Waals surface area contributed by atoms with Gasteiger partial charge in [-0.05, 0) is 44.4 Å². The maximum atomic E-state index is 12.5. The molecule has 1 saturated heterocycles. The molecule has 0 N–H and O–H groups in total. The van der Waals surface area contributed by atoms with Crippen molar-refractivity contribution in [2.24, 2.45) is 0 Å². The quantitative estimate of drug-likeness (QED) is 0.803. The molecule has 5 heteroatoms. The van der Waals surface area contributed by atoms with Gasteiger partial charge in [-0.15, -0.1) is 0 Å². The molecule has 0 unspecified atom stereocenters. The first-order valence-corrected chi connectivity index (χ1v) is 9.08. The van der Waals surface area contributed by atoms with Crippen LogP contribution in [0.3, 0.4) is 0 Å². The van der Waals surface area contributed by atoms with E-state index in [0.717, 1.165) is 17.5 Å². The number of ether oxygens (including phenoxy) is 2. The maximum Gasteiger partial charge on any atom is 0.410 e. The van der Waals surface area contributed by atoms with Gasteiger partial charge in [0, 0.05) is 12.5 Å². The number of piperidine rings is 1. The van der Waals surface area contributed by atoms with E-state index in [1.165, 1.54) is 0 Å². The molecule has 1 aromatic carbocycles. The van der Waals surface area contributed by atoms with Crippen LogP contribution in [-0.4, -0.2) is 35.8 Å². The number of carbonyl (C=O) groups is 1. The molecule has 1 amide bonds. The molecule has 3 rings (SSSR count). The Labute approximate surface area is 154 Å². The Morgan fingerprint density at radius 3 is 2.65 bits per heavy atom. The molecule has 0 bridgehead atoms. The third-order valence-electron chi connectivity index (χ3n) is 4.49. The van der Waals surface area contributed by atoms with Gasteiger partial charge in [0.25, 0.3) is 0 Å². The van der Waals surface area contributed by atoms with Crippen LogP contribution in [0.15, 0.2) is 53.3 Å². The molecule has 2 aromatic rings. The first kappa shape index (κ1) is 18.5. The van der Waals surface area contributed by atoms with Gasteiger partial charge in [-0.1, -0.05) is 30.3 Å². The maximum absolute atomic E-state index is 12.5. The highest BCUT2D eigenvalue weighted by atomic mass is 16.6. The van der Waals surface area contributed by atoms with Gasteiger partial charge in [0.15, 0.2) is 0 Å². The molecule has 0 aliphatic carbocycles. The van der Waals surface area contributed by atoms with Crippen molar-refractivity contribution in [2.45, 2.75) is 51.4 Å². The summed E-state index contributed by atoms with van der Waals surface area (Å²) in [5, 5.41) is 0. The van der Waals surface area contributed by atoms with E-state index in [-0.39, 0.29) is 18.1 Å². The van der Waals surface area contributed by atoms with Crippen molar-refractivity contribution < 1.29 is 18.7 Å². The van der Waals surface area contributed by atoms with Crippen LogP contribution < -0.4 is 0 Å². The fraction of sp³-hybridized carbons (Fsp3) is 0.476. The molecule has 1 aliphatic heterocycles. The molecule has 140 valence electrons. The Kier molecular flexibility index (Phi) is 5.67. The van der Waals surface area contributed by atoms with Crippen LogP contribution >= 0.6 is 0 Å². The number of nitrogens with zero attached hydrogens (tertiary/aromatic N) is 1. The Bertz CT molecular complexity index is 691. The predicted molar refractivity (Wildman–Crippen MR) is 98.9 cm³/mol. The van der Waals surface area contributed by atoms with Crippen molar-refractivity contribution in [3.05, 3.63) is 60.1 Å². The van der Waals surface area contributed by atoms with Gasteiger partial charge in [0.1, 0.15) is 5.60 Å². The molecule has 1 aromatic heterocycles. The monoisotopic (exact) mass is 357 g/mol. The third-order valence-corrected chi connectivity index (χ3v) is 4.49. The van der Waals surface area contributed by atoms with Crippen molar-refractivity contribution in [3.63, 3.8) is 0 Å². The van der Waals surface area contributed by atoms with Gasteiger partial charge in [0.2, 0.25) is 0 Å². The molecule has 1 fully saturated rings. The van der Waals surface area contributed by atoms with Crippen LogP contribution in [0.4, 0.5) is 4.79 Å². The van der Waals surface area contributed by atoms with Crippen LogP contribution in [0.5, 0.6) is 0 Å². The van der Waals surface area contributed by atoms with E-state index in [0.29, 0.717) is 19.7 Å². The summed E-state index contributed by atoms with van der Waals surface area (Å²) in [4.78, 5) is 14.2. The Morgan fingerprint density at radius 2 is 2.00 bits per heavy atom. The number of hydrogen-bond acceptors (Lipinski definition) is 4. The lowest BCUT2D eigenvalue weighted by atomic mass is 9.88. The summed E-state index contributed by atoms with van der Waals surface area (Å²) in [6.07, 6.45) is 3.89. The first-order chi connectivity index (χ1) is 12.4. The summed E-state index contributed by atoms with van der Waals surface area (Å²) in [6.45, 7) is 7.32. The smallest absolute Gasteiger partial charge is 0.410 e. The number of amides is 1. The number of likely N-dealkylation sites (tertiary alicyclic amines) is 1. The Balaban J connectivity index is 1.69. The molecule has 0 spiro atoms. The van der Waals surface area contributed by atoms with Gasteiger partial charge in [-0.2, -0.15) is 0 Å². The van der Waals surface area contributed by atoms with E-state index in [9.17, 15) is 4.79 Å². The molecule has 2 atom stereocenters. The van der Waals surface area contributed by atoms with Gasteiger partial charge >= 0.3 is 6.09 Å². The lowest BCUT2D eigenvalue weighted by Crippen LogP contribution is -2.48. The second-order valence-electron chi connectivity index (χ2n) is 7.71. The fourth-order valence-electron chi connectivity index (χ4n) is 3.22. The number of benzene rings is 1. The van der Waals surface area contributed by atoms with Gasteiger partial charge < -0.3 is 18.8 Å². The topological polar surface area (TPSA) is 51.9 Å². The van der Waals surface area contributed by atoms with Crippen molar-refractivity contribution >= 4 is 6.09 Å². The highest BCUT2D eigenvalue weighted by Crippen LogP contribution is 2.32. The minimum Gasteiger partial charge on any atom is -0.472 e. The molecular weight excluding hydrogens is 330 g/mol. The average Bonchev–Trinajstić information content (AvgIpc) is 3.13. The van der Waals surface area contributed by atoms with Crippen molar-refractivity contribution in [1.29, 1.82) is 0 Å². The van der Waals surface area contributed by atoms with Crippen LogP contribution in [0, 0.1) is 0 Å². The van der Waals surface area contributed by atoms with Gasteiger partial charge in [-0.25, -0.2) is 4.79 Å². The van der Waals surface area contributed by atoms with E-state index in [1.54, 1.807) is 17.4 Å². The molecule has 0 saturated carbocycles. The second kappa shape index (κ2) is 7.96. The lowest BCUT2D eigenvalue weighted by molar-refractivity contribution is -0.0360.